The van der Waals surface area contributed by atoms with Crippen LogP contribution < -0.4 is 32.3 Å². The first-order valence-electron chi connectivity index (χ1n) is 25.2. The molecule has 2 aromatic carbocycles. The Bertz CT molecular complexity index is 2790. The number of amides is 9. The Morgan fingerprint density at radius 3 is 2.29 bits per heavy atom. The van der Waals surface area contributed by atoms with Crippen molar-refractivity contribution in [3.8, 4) is 0 Å². The molecule has 9 amide bonds. The predicted octanol–water partition coefficient (Wildman–Crippen LogP) is 0.398. The number of benzene rings is 2. The molecule has 3 aromatic rings. The van der Waals surface area contributed by atoms with Crippen molar-refractivity contribution in [3.63, 3.8) is 0 Å². The Kier molecular flexibility index (Phi) is 19.3. The Labute approximate surface area is 440 Å². The Balaban J connectivity index is 0.795. The average molecular weight is 1100 g/mol. The van der Waals surface area contributed by atoms with Crippen molar-refractivity contribution in [2.45, 2.75) is 93.7 Å². The van der Waals surface area contributed by atoms with E-state index in [0.717, 1.165) is 23.1 Å². The van der Waals surface area contributed by atoms with Crippen molar-refractivity contribution in [1.29, 1.82) is 0 Å². The normalized spacial score (nSPS) is 20.6. The monoisotopic (exact) mass is 1100 g/mol. The fourth-order valence-electron chi connectivity index (χ4n) is 9.68. The molecular formula is C49H63F2N10O15P. The van der Waals surface area contributed by atoms with E-state index in [-0.39, 0.29) is 92.7 Å². The lowest BCUT2D eigenvalue weighted by Gasteiger charge is -2.37. The Morgan fingerprint density at radius 2 is 1.60 bits per heavy atom. The topological polar surface area (TPSA) is 351 Å². The van der Waals surface area contributed by atoms with Crippen molar-refractivity contribution in [3.05, 3.63) is 64.8 Å². The molecule has 3 fully saturated rings. The van der Waals surface area contributed by atoms with Gasteiger partial charge in [-0.3, -0.25) is 57.9 Å². The summed E-state index contributed by atoms with van der Waals surface area (Å²) in [7, 11) is -4.09. The second-order valence-corrected chi connectivity index (χ2v) is 20.8. The summed E-state index contributed by atoms with van der Waals surface area (Å²) in [4.78, 5) is 143. The highest BCUT2D eigenvalue weighted by molar-refractivity contribution is 7.52. The molecule has 4 aliphatic rings. The highest BCUT2D eigenvalue weighted by atomic mass is 31.2. The summed E-state index contributed by atoms with van der Waals surface area (Å²) in [5.41, 5.74) is 0.866. The molecule has 25 nitrogen and oxygen atoms in total. The van der Waals surface area contributed by atoms with Gasteiger partial charge in [0.15, 0.2) is 0 Å². The molecule has 1 aromatic heterocycles. The number of nitrogens with two attached hydrogens (primary N) is 1. The Morgan fingerprint density at radius 1 is 0.896 bits per heavy atom. The summed E-state index contributed by atoms with van der Waals surface area (Å²) in [6.07, 6.45) is 1.92. The number of alkyl halides is 2. The number of piperidine rings is 1. The zero-order valence-corrected chi connectivity index (χ0v) is 43.1. The molecule has 77 heavy (non-hydrogen) atoms. The zero-order valence-electron chi connectivity index (χ0n) is 42.2. The number of nitrogens with one attached hydrogen (secondary N) is 6. The minimum Gasteiger partial charge on any atom is -0.384 e. The molecule has 0 bridgehead atoms. The van der Waals surface area contributed by atoms with E-state index in [1.807, 2.05) is 4.90 Å². The number of aromatic nitrogens is 1. The number of hydrogen-bond donors (Lipinski definition) is 9. The van der Waals surface area contributed by atoms with E-state index in [9.17, 15) is 66.3 Å². The predicted molar refractivity (Wildman–Crippen MR) is 268 cm³/mol. The number of fused-ring (bicyclic) bond motifs is 3. The van der Waals surface area contributed by atoms with Gasteiger partial charge in [-0.25, -0.2) is 0 Å². The number of primary amides is 1. The molecule has 4 aliphatic heterocycles. The molecule has 28 heteroatoms. The van der Waals surface area contributed by atoms with Crippen LogP contribution in [0.2, 0.25) is 0 Å². The number of aromatic amines is 1. The van der Waals surface area contributed by atoms with Crippen LogP contribution in [0, 0.1) is 0 Å². The van der Waals surface area contributed by atoms with Gasteiger partial charge in [0.25, 0.3) is 17.7 Å². The summed E-state index contributed by atoms with van der Waals surface area (Å²) < 4.78 is 57.2. The van der Waals surface area contributed by atoms with Crippen LogP contribution in [0.25, 0.3) is 10.9 Å². The minimum atomic E-state index is -5.86. The zero-order chi connectivity index (χ0) is 55.6. The summed E-state index contributed by atoms with van der Waals surface area (Å²) in [6.45, 7) is 2.91. The molecule has 0 spiro atoms. The van der Waals surface area contributed by atoms with Crippen LogP contribution in [0.1, 0.15) is 94.6 Å². The van der Waals surface area contributed by atoms with Gasteiger partial charge >= 0.3 is 13.3 Å². The number of imide groups is 2. The third-order valence-corrected chi connectivity index (χ3v) is 14.6. The van der Waals surface area contributed by atoms with E-state index in [4.69, 9.17) is 19.9 Å². The Hall–Kier alpha value is -6.74. The fraction of sp³-hybridized carbons (Fsp3) is 0.531. The number of nitrogens with zero attached hydrogens (tertiary/aromatic N) is 3. The molecule has 7 rings (SSSR count). The number of anilines is 1. The second-order valence-electron chi connectivity index (χ2n) is 19.1. The molecule has 3 saturated heterocycles. The maximum Gasteiger partial charge on any atom is 0.399 e. The quantitative estimate of drug-likeness (QED) is 0.0298. The number of ether oxygens (including phenoxy) is 3. The molecule has 10 N–H and O–H groups in total. The highest BCUT2D eigenvalue weighted by Crippen LogP contribution is 2.59. The summed E-state index contributed by atoms with van der Waals surface area (Å²) in [5, 5.41) is 13.5. The van der Waals surface area contributed by atoms with Gasteiger partial charge in [-0.1, -0.05) is 12.1 Å². The fourth-order valence-corrected chi connectivity index (χ4v) is 10.2. The molecule has 5 atom stereocenters. The smallest absolute Gasteiger partial charge is 0.384 e. The van der Waals surface area contributed by atoms with Crippen LogP contribution in [-0.4, -0.2) is 186 Å². The lowest BCUT2D eigenvalue weighted by molar-refractivity contribution is -0.144. The number of hydrogen-bond acceptors (Lipinski definition) is 15. The third-order valence-electron chi connectivity index (χ3n) is 13.6. The number of H-pyrrole nitrogens is 1. The van der Waals surface area contributed by atoms with Gasteiger partial charge in [0.1, 0.15) is 29.9 Å². The van der Waals surface area contributed by atoms with Crippen LogP contribution >= 0.6 is 7.60 Å². The van der Waals surface area contributed by atoms with Gasteiger partial charge in [-0.15, -0.1) is 0 Å². The summed E-state index contributed by atoms with van der Waals surface area (Å²) in [6, 6.07) is 4.05. The maximum atomic E-state index is 14.4. The van der Waals surface area contributed by atoms with E-state index in [1.165, 1.54) is 17.0 Å². The van der Waals surface area contributed by atoms with Crippen LogP contribution in [0.5, 0.6) is 0 Å². The van der Waals surface area contributed by atoms with Crippen molar-refractivity contribution in [2.75, 3.05) is 78.2 Å². The molecule has 0 aliphatic carbocycles. The molecule has 0 saturated carbocycles. The number of halogens is 2. The molecular weight excluding hydrogens is 1040 g/mol. The van der Waals surface area contributed by atoms with Gasteiger partial charge in [0.2, 0.25) is 35.4 Å². The van der Waals surface area contributed by atoms with Gasteiger partial charge < -0.3 is 65.8 Å². The van der Waals surface area contributed by atoms with E-state index >= 15 is 0 Å². The largest absolute Gasteiger partial charge is 0.399 e. The second kappa shape index (κ2) is 25.6. The molecule has 2 unspecified atom stereocenters. The standard InChI is InChI=1S/C49H63F2N10O15P/c1-59-18-15-30-8-11-37(60(30)47(69)36(27-59)57-43(65)35-26-28-25-29(7-9-32(28)55-35)49(50,51)77(71,72)73)44(66)56-34(10-13-39(52)62)42(64)54-17-4-20-75-22-24-76-23-21-74-19-3-16-53-33-6-2-5-31-41(33)48(70)61(46(31)68)38-12-14-40(63)58-45(38)67/h2,5-7,9,25-26,30,34,36-38,53,55H,3-4,8,10-24,27H2,1H3,(H2,52,62)(H,54,64)(H,56,66)(H,57,65)(H,58,63,67)(H2,71,72,73)/t30-,34?,36+,37+,38?/m1/s1. The van der Waals surface area contributed by atoms with Crippen molar-refractivity contribution < 1.29 is 80.5 Å². The summed E-state index contributed by atoms with van der Waals surface area (Å²) >= 11 is 0. The van der Waals surface area contributed by atoms with Crippen molar-refractivity contribution >= 4 is 77.4 Å². The van der Waals surface area contributed by atoms with Gasteiger partial charge in [-0.05, 0) is 88.9 Å². The number of carbonyl (C=O) groups excluding carboxylic acids is 9. The number of rotatable bonds is 26. The van der Waals surface area contributed by atoms with Gasteiger partial charge in [0, 0.05) is 73.9 Å². The number of likely N-dealkylation sites (N-methyl/N-ethyl adjacent to an activating group) is 1. The molecule has 418 valence electrons. The first-order valence-corrected chi connectivity index (χ1v) is 26.8. The average Bonchev–Trinajstić information content (AvgIpc) is 4.10. The lowest BCUT2D eigenvalue weighted by atomic mass is 10.0. The maximum absolute atomic E-state index is 14.4. The van der Waals surface area contributed by atoms with E-state index in [1.54, 1.807) is 19.2 Å². The van der Waals surface area contributed by atoms with E-state index in [2.05, 4.69) is 31.6 Å². The third kappa shape index (κ3) is 14.1. The molecule has 0 radical (unpaired) electrons. The van der Waals surface area contributed by atoms with Crippen LogP contribution in [0.3, 0.4) is 0 Å². The first-order chi connectivity index (χ1) is 36.7. The van der Waals surface area contributed by atoms with Crippen LogP contribution in [0.4, 0.5) is 14.5 Å². The lowest BCUT2D eigenvalue weighted by Crippen LogP contribution is -2.61. The van der Waals surface area contributed by atoms with Gasteiger partial charge in [0.05, 0.1) is 37.6 Å². The highest BCUT2D eigenvalue weighted by Gasteiger charge is 2.51. The van der Waals surface area contributed by atoms with Gasteiger partial charge in [-0.2, -0.15) is 8.78 Å². The molecule has 5 heterocycles. The van der Waals surface area contributed by atoms with E-state index in [0.29, 0.717) is 64.3 Å². The van der Waals surface area contributed by atoms with Crippen LogP contribution in [-0.2, 0) is 53.2 Å². The van der Waals surface area contributed by atoms with Crippen molar-refractivity contribution in [2.24, 2.45) is 5.73 Å². The number of carbonyl (C=O) groups is 9. The van der Waals surface area contributed by atoms with Crippen molar-refractivity contribution in [1.82, 2.24) is 41.0 Å². The summed E-state index contributed by atoms with van der Waals surface area (Å²) in [5.74, 6) is -5.57. The first kappa shape index (κ1) is 58.0. The minimum absolute atomic E-state index is 0.0260. The van der Waals surface area contributed by atoms with Crippen LogP contribution in [0.15, 0.2) is 42.5 Å². The SMILES string of the molecule is CN1CC[C@H]2CC[C@@H](C(=O)NC(CCC(N)=O)C(=O)NCCCOCCOCCOCCCNc3cccc4c3C(=O)N(C3CCC(=O)NC3=O)C4=O)N2C(=O)[C@@H](NC(=O)c2cc3cc(C(F)(F)P(=O)(O)O)ccc3[nH]2)C1. The van der Waals surface area contributed by atoms with E-state index < -0.39 is 102 Å².